The van der Waals surface area contributed by atoms with Gasteiger partial charge in [-0.1, -0.05) is 25.5 Å². The molecule has 0 aromatic heterocycles. The van der Waals surface area contributed by atoms with Gasteiger partial charge in [-0.15, -0.1) is 0 Å². The number of rotatable bonds is 9. The molecular formula is C14H23NO2. The molecule has 1 aromatic carbocycles. The van der Waals surface area contributed by atoms with Crippen LogP contribution in [0.4, 0.5) is 0 Å². The molecule has 0 aliphatic carbocycles. The van der Waals surface area contributed by atoms with E-state index in [0.29, 0.717) is 13.2 Å². The Balaban J connectivity index is 2.19. The third-order valence-electron chi connectivity index (χ3n) is 2.42. The molecule has 0 unspecified atom stereocenters. The summed E-state index contributed by atoms with van der Waals surface area (Å²) in [5.74, 6) is 0.914. The minimum Gasteiger partial charge on any atom is -0.491 e. The standard InChI is InChI=1S/C14H23NO2/c1-3-4-8-16-9-10-17-14-7-5-6-13(11-14)12-15-2/h5-7,11,15H,3-4,8-10,12H2,1-2H3. The van der Waals surface area contributed by atoms with Crippen LogP contribution < -0.4 is 10.1 Å². The van der Waals surface area contributed by atoms with Gasteiger partial charge in [-0.25, -0.2) is 0 Å². The van der Waals surface area contributed by atoms with E-state index in [1.165, 1.54) is 12.0 Å². The first-order valence-corrected chi connectivity index (χ1v) is 6.31. The highest BCUT2D eigenvalue weighted by molar-refractivity contribution is 5.28. The summed E-state index contributed by atoms with van der Waals surface area (Å²) in [7, 11) is 1.94. The maximum atomic E-state index is 5.62. The van der Waals surface area contributed by atoms with Crippen LogP contribution in [-0.4, -0.2) is 26.9 Å². The Labute approximate surface area is 104 Å². The summed E-state index contributed by atoms with van der Waals surface area (Å²) in [6, 6.07) is 8.13. The molecule has 17 heavy (non-hydrogen) atoms. The van der Waals surface area contributed by atoms with Gasteiger partial charge in [-0.05, 0) is 31.2 Å². The van der Waals surface area contributed by atoms with Crippen molar-refractivity contribution in [3.63, 3.8) is 0 Å². The number of nitrogens with one attached hydrogen (secondary N) is 1. The highest BCUT2D eigenvalue weighted by Crippen LogP contribution is 2.12. The largest absolute Gasteiger partial charge is 0.491 e. The summed E-state index contributed by atoms with van der Waals surface area (Å²) in [6.07, 6.45) is 2.30. The molecule has 1 rings (SSSR count). The molecule has 3 heteroatoms. The Kier molecular flexibility index (Phi) is 7.43. The van der Waals surface area contributed by atoms with E-state index >= 15 is 0 Å². The summed E-state index contributed by atoms with van der Waals surface area (Å²) in [5.41, 5.74) is 1.23. The van der Waals surface area contributed by atoms with Crippen molar-refractivity contribution in [3.8, 4) is 5.75 Å². The zero-order valence-electron chi connectivity index (χ0n) is 10.9. The Morgan fingerprint density at radius 3 is 2.82 bits per heavy atom. The molecule has 3 nitrogen and oxygen atoms in total. The van der Waals surface area contributed by atoms with E-state index in [4.69, 9.17) is 9.47 Å². The quantitative estimate of drug-likeness (QED) is 0.670. The summed E-state index contributed by atoms with van der Waals surface area (Å²) in [4.78, 5) is 0. The SMILES string of the molecule is CCCCOCCOc1cccc(CNC)c1. The number of hydrogen-bond acceptors (Lipinski definition) is 3. The molecule has 1 N–H and O–H groups in total. The van der Waals surface area contributed by atoms with Crippen LogP contribution >= 0.6 is 0 Å². The van der Waals surface area contributed by atoms with Crippen molar-refractivity contribution in [2.75, 3.05) is 26.9 Å². The number of ether oxygens (including phenoxy) is 2. The smallest absolute Gasteiger partial charge is 0.119 e. The Morgan fingerprint density at radius 1 is 1.18 bits per heavy atom. The predicted molar refractivity (Wildman–Crippen MR) is 70.4 cm³/mol. The van der Waals surface area contributed by atoms with Crippen LogP contribution in [0.25, 0.3) is 0 Å². The highest BCUT2D eigenvalue weighted by atomic mass is 16.5. The number of unbranched alkanes of at least 4 members (excludes halogenated alkanes) is 1. The molecule has 0 aliphatic heterocycles. The number of hydrogen-bond donors (Lipinski definition) is 1. The molecule has 0 radical (unpaired) electrons. The first kappa shape index (κ1) is 14.0. The normalized spacial score (nSPS) is 10.5. The molecule has 0 heterocycles. The lowest BCUT2D eigenvalue weighted by atomic mass is 10.2. The van der Waals surface area contributed by atoms with Gasteiger partial charge >= 0.3 is 0 Å². The van der Waals surface area contributed by atoms with Crippen LogP contribution in [0.2, 0.25) is 0 Å². The van der Waals surface area contributed by atoms with Gasteiger partial charge in [0.2, 0.25) is 0 Å². The van der Waals surface area contributed by atoms with E-state index in [1.807, 2.05) is 19.2 Å². The fourth-order valence-corrected chi connectivity index (χ4v) is 1.52. The second-order valence-electron chi connectivity index (χ2n) is 3.99. The van der Waals surface area contributed by atoms with E-state index in [1.54, 1.807) is 0 Å². The average Bonchev–Trinajstić information content (AvgIpc) is 2.35. The maximum Gasteiger partial charge on any atom is 0.119 e. The van der Waals surface area contributed by atoms with Gasteiger partial charge in [0.15, 0.2) is 0 Å². The lowest BCUT2D eigenvalue weighted by Gasteiger charge is -2.08. The Hall–Kier alpha value is -1.06. The van der Waals surface area contributed by atoms with E-state index in [9.17, 15) is 0 Å². The second kappa shape index (κ2) is 9.02. The first-order chi connectivity index (χ1) is 8.36. The van der Waals surface area contributed by atoms with Gasteiger partial charge in [-0.2, -0.15) is 0 Å². The van der Waals surface area contributed by atoms with E-state index in [2.05, 4.69) is 24.4 Å². The van der Waals surface area contributed by atoms with Gasteiger partial charge < -0.3 is 14.8 Å². The predicted octanol–water partition coefficient (Wildman–Crippen LogP) is 2.60. The van der Waals surface area contributed by atoms with Crippen molar-refractivity contribution in [2.24, 2.45) is 0 Å². The molecule has 0 fully saturated rings. The summed E-state index contributed by atoms with van der Waals surface area (Å²) in [6.45, 7) is 5.14. The van der Waals surface area contributed by atoms with Gasteiger partial charge in [0.05, 0.1) is 6.61 Å². The van der Waals surface area contributed by atoms with E-state index < -0.39 is 0 Å². The van der Waals surface area contributed by atoms with Crippen LogP contribution in [0, 0.1) is 0 Å². The lowest BCUT2D eigenvalue weighted by molar-refractivity contribution is 0.0980. The van der Waals surface area contributed by atoms with Crippen molar-refractivity contribution in [1.82, 2.24) is 5.32 Å². The molecular weight excluding hydrogens is 214 g/mol. The van der Waals surface area contributed by atoms with Crippen molar-refractivity contribution in [1.29, 1.82) is 0 Å². The fourth-order valence-electron chi connectivity index (χ4n) is 1.52. The van der Waals surface area contributed by atoms with Gasteiger partial charge in [0.25, 0.3) is 0 Å². The van der Waals surface area contributed by atoms with Crippen molar-refractivity contribution < 1.29 is 9.47 Å². The second-order valence-corrected chi connectivity index (χ2v) is 3.99. The van der Waals surface area contributed by atoms with Crippen LogP contribution in [0.15, 0.2) is 24.3 Å². The zero-order valence-corrected chi connectivity index (χ0v) is 10.9. The average molecular weight is 237 g/mol. The van der Waals surface area contributed by atoms with Crippen molar-refractivity contribution in [2.45, 2.75) is 26.3 Å². The molecule has 96 valence electrons. The van der Waals surface area contributed by atoms with E-state index in [0.717, 1.165) is 25.3 Å². The van der Waals surface area contributed by atoms with E-state index in [-0.39, 0.29) is 0 Å². The van der Waals surface area contributed by atoms with Gasteiger partial charge in [-0.3, -0.25) is 0 Å². The zero-order chi connectivity index (χ0) is 12.3. The first-order valence-electron chi connectivity index (χ1n) is 6.31. The molecule has 0 saturated carbocycles. The molecule has 0 spiro atoms. The topological polar surface area (TPSA) is 30.5 Å². The fraction of sp³-hybridized carbons (Fsp3) is 0.571. The molecule has 0 atom stereocenters. The molecule has 0 aliphatic rings. The minimum atomic E-state index is 0.618. The maximum absolute atomic E-state index is 5.62. The van der Waals surface area contributed by atoms with Crippen molar-refractivity contribution in [3.05, 3.63) is 29.8 Å². The Bertz CT molecular complexity index is 302. The summed E-state index contributed by atoms with van der Waals surface area (Å²) in [5, 5.41) is 3.12. The Morgan fingerprint density at radius 2 is 2.06 bits per heavy atom. The van der Waals surface area contributed by atoms with Gasteiger partial charge in [0, 0.05) is 13.2 Å². The van der Waals surface area contributed by atoms with Crippen molar-refractivity contribution >= 4 is 0 Å². The molecule has 1 aromatic rings. The third-order valence-corrected chi connectivity index (χ3v) is 2.42. The molecule has 0 saturated heterocycles. The summed E-state index contributed by atoms with van der Waals surface area (Å²) < 4.78 is 11.1. The number of benzene rings is 1. The molecule has 0 amide bonds. The van der Waals surface area contributed by atoms with Gasteiger partial charge in [0.1, 0.15) is 12.4 Å². The lowest BCUT2D eigenvalue weighted by Crippen LogP contribution is -2.08. The molecule has 0 bridgehead atoms. The van der Waals surface area contributed by atoms with Crippen LogP contribution in [-0.2, 0) is 11.3 Å². The monoisotopic (exact) mass is 237 g/mol. The van der Waals surface area contributed by atoms with Crippen LogP contribution in [0.5, 0.6) is 5.75 Å². The van der Waals surface area contributed by atoms with Crippen LogP contribution in [0.3, 0.4) is 0 Å². The third kappa shape index (κ3) is 6.29. The minimum absolute atomic E-state index is 0.618. The summed E-state index contributed by atoms with van der Waals surface area (Å²) >= 11 is 0. The highest BCUT2D eigenvalue weighted by Gasteiger charge is 1.96. The van der Waals surface area contributed by atoms with Crippen LogP contribution in [0.1, 0.15) is 25.3 Å².